The molecule has 1 amide bonds. The second kappa shape index (κ2) is 5.92. The molecule has 0 fully saturated rings. The number of nitrogens with one attached hydrogen (secondary N) is 1. The van der Waals surface area contributed by atoms with E-state index in [0.29, 0.717) is 10.8 Å². The zero-order chi connectivity index (χ0) is 15.7. The summed E-state index contributed by atoms with van der Waals surface area (Å²) in [5.41, 5.74) is 0.950. The minimum Gasteiger partial charge on any atom is -0.454 e. The van der Waals surface area contributed by atoms with Crippen LogP contribution >= 0.6 is 11.3 Å². The molecule has 0 bridgehead atoms. The van der Waals surface area contributed by atoms with E-state index in [1.165, 1.54) is 11.3 Å². The Labute approximate surface area is 132 Å². The summed E-state index contributed by atoms with van der Waals surface area (Å²) in [6.45, 7) is 6.21. The van der Waals surface area contributed by atoms with Crippen molar-refractivity contribution in [2.45, 2.75) is 32.7 Å². The van der Waals surface area contributed by atoms with Crippen molar-refractivity contribution in [2.24, 2.45) is 0 Å². The number of carbonyl (C=O) groups excluding carboxylic acids is 1. The zero-order valence-electron chi connectivity index (χ0n) is 12.6. The smallest absolute Gasteiger partial charge is 0.282 e. The maximum atomic E-state index is 12.2. The summed E-state index contributed by atoms with van der Waals surface area (Å²) in [7, 11) is 0. The highest BCUT2D eigenvalue weighted by atomic mass is 32.1. The van der Waals surface area contributed by atoms with Crippen molar-refractivity contribution < 1.29 is 14.3 Å². The van der Waals surface area contributed by atoms with Crippen LogP contribution in [-0.4, -0.2) is 22.9 Å². The molecule has 1 N–H and O–H groups in total. The fourth-order valence-corrected chi connectivity index (χ4v) is 2.83. The molecular formula is C15H17N3O3S. The van der Waals surface area contributed by atoms with Crippen LogP contribution in [0.3, 0.4) is 0 Å². The molecule has 0 saturated carbocycles. The minimum atomic E-state index is -0.213. The Kier molecular flexibility index (Phi) is 3.98. The third kappa shape index (κ3) is 2.89. The van der Waals surface area contributed by atoms with E-state index < -0.39 is 0 Å². The molecule has 1 aromatic heterocycles. The Hall–Kier alpha value is -2.15. The molecule has 7 heteroatoms. The van der Waals surface area contributed by atoms with Gasteiger partial charge in [-0.1, -0.05) is 31.3 Å². The quantitative estimate of drug-likeness (QED) is 0.938. The van der Waals surface area contributed by atoms with Gasteiger partial charge in [-0.15, -0.1) is 10.2 Å². The Balaban J connectivity index is 1.70. The lowest BCUT2D eigenvalue weighted by Crippen LogP contribution is -2.26. The Morgan fingerprint density at radius 3 is 2.73 bits per heavy atom. The van der Waals surface area contributed by atoms with Crippen LogP contribution in [0.5, 0.6) is 11.5 Å². The lowest BCUT2D eigenvalue weighted by Gasteiger charge is -2.13. The van der Waals surface area contributed by atoms with Gasteiger partial charge < -0.3 is 14.8 Å². The lowest BCUT2D eigenvalue weighted by atomic mass is 10.1. The SMILES string of the molecule is CC(C)c1nnc(C(=O)N[C@H](C)c2ccc3c(c2)OCO3)s1. The molecule has 3 rings (SSSR count). The number of hydrogen-bond acceptors (Lipinski definition) is 6. The summed E-state index contributed by atoms with van der Waals surface area (Å²) in [4.78, 5) is 12.2. The maximum absolute atomic E-state index is 12.2. The van der Waals surface area contributed by atoms with Crippen molar-refractivity contribution in [3.63, 3.8) is 0 Å². The number of fused-ring (bicyclic) bond motifs is 1. The van der Waals surface area contributed by atoms with Crippen LogP contribution in [0.15, 0.2) is 18.2 Å². The molecule has 0 unspecified atom stereocenters. The van der Waals surface area contributed by atoms with Gasteiger partial charge in [0.25, 0.3) is 5.91 Å². The predicted molar refractivity (Wildman–Crippen MR) is 82.4 cm³/mol. The Morgan fingerprint density at radius 1 is 1.23 bits per heavy atom. The van der Waals surface area contributed by atoms with Gasteiger partial charge in [-0.2, -0.15) is 0 Å². The van der Waals surface area contributed by atoms with Gasteiger partial charge in [0.05, 0.1) is 6.04 Å². The van der Waals surface area contributed by atoms with Crippen molar-refractivity contribution in [3.05, 3.63) is 33.8 Å². The first-order valence-electron chi connectivity index (χ1n) is 7.08. The molecule has 0 radical (unpaired) electrons. The normalized spacial score (nSPS) is 14.2. The molecule has 116 valence electrons. The number of ether oxygens (including phenoxy) is 2. The number of aromatic nitrogens is 2. The van der Waals surface area contributed by atoms with Crippen molar-refractivity contribution >= 4 is 17.2 Å². The molecule has 2 heterocycles. The molecule has 1 atom stereocenters. The largest absolute Gasteiger partial charge is 0.454 e. The summed E-state index contributed by atoms with van der Waals surface area (Å²) in [5, 5.41) is 12.2. The molecule has 6 nitrogen and oxygen atoms in total. The number of amides is 1. The lowest BCUT2D eigenvalue weighted by molar-refractivity contribution is 0.0938. The minimum absolute atomic E-state index is 0.159. The van der Waals surface area contributed by atoms with Gasteiger partial charge in [-0.25, -0.2) is 0 Å². The van der Waals surface area contributed by atoms with Crippen molar-refractivity contribution in [1.29, 1.82) is 0 Å². The molecule has 22 heavy (non-hydrogen) atoms. The highest BCUT2D eigenvalue weighted by Gasteiger charge is 2.19. The highest BCUT2D eigenvalue weighted by Crippen LogP contribution is 2.34. The number of hydrogen-bond donors (Lipinski definition) is 1. The van der Waals surface area contributed by atoms with E-state index in [1.807, 2.05) is 39.0 Å². The van der Waals surface area contributed by atoms with Crippen molar-refractivity contribution in [2.75, 3.05) is 6.79 Å². The third-order valence-electron chi connectivity index (χ3n) is 3.37. The first-order valence-corrected chi connectivity index (χ1v) is 7.90. The molecule has 1 aliphatic rings. The van der Waals surface area contributed by atoms with Gasteiger partial charge in [0, 0.05) is 5.92 Å². The summed E-state index contributed by atoms with van der Waals surface area (Å²) < 4.78 is 10.6. The monoisotopic (exact) mass is 319 g/mol. The van der Waals surface area contributed by atoms with Gasteiger partial charge in [-0.05, 0) is 24.6 Å². The van der Waals surface area contributed by atoms with Gasteiger partial charge in [0.15, 0.2) is 11.5 Å². The van der Waals surface area contributed by atoms with Crippen LogP contribution in [0.2, 0.25) is 0 Å². The molecule has 1 aliphatic heterocycles. The van der Waals surface area contributed by atoms with E-state index in [4.69, 9.17) is 9.47 Å². The average Bonchev–Trinajstić information content (AvgIpc) is 3.15. The highest BCUT2D eigenvalue weighted by molar-refractivity contribution is 7.13. The first-order chi connectivity index (χ1) is 10.5. The second-order valence-corrected chi connectivity index (χ2v) is 6.42. The molecular weight excluding hydrogens is 302 g/mol. The van der Waals surface area contributed by atoms with E-state index in [2.05, 4.69) is 15.5 Å². The standard InChI is InChI=1S/C15H17N3O3S/c1-8(2)14-17-18-15(22-14)13(19)16-9(3)10-4-5-11-12(6-10)21-7-20-11/h4-6,8-9H,7H2,1-3H3,(H,16,19)/t9-/m1/s1. The van der Waals surface area contributed by atoms with Crippen LogP contribution in [0.25, 0.3) is 0 Å². The van der Waals surface area contributed by atoms with Crippen LogP contribution in [0, 0.1) is 0 Å². The number of rotatable bonds is 4. The Bertz CT molecular complexity index is 699. The summed E-state index contributed by atoms with van der Waals surface area (Å²) in [6.07, 6.45) is 0. The second-order valence-electron chi connectivity index (χ2n) is 5.41. The molecule has 0 aliphatic carbocycles. The third-order valence-corrected chi connectivity index (χ3v) is 4.60. The average molecular weight is 319 g/mol. The zero-order valence-corrected chi connectivity index (χ0v) is 13.4. The summed E-state index contributed by atoms with van der Waals surface area (Å²) >= 11 is 1.33. The fourth-order valence-electron chi connectivity index (χ4n) is 2.08. The first kappa shape index (κ1) is 14.8. The van der Waals surface area contributed by atoms with Gasteiger partial charge >= 0.3 is 0 Å². The van der Waals surface area contributed by atoms with E-state index in [1.54, 1.807) is 0 Å². The Morgan fingerprint density at radius 2 is 2.00 bits per heavy atom. The van der Waals surface area contributed by atoms with E-state index in [0.717, 1.165) is 16.3 Å². The van der Waals surface area contributed by atoms with Crippen LogP contribution < -0.4 is 14.8 Å². The van der Waals surface area contributed by atoms with Crippen molar-refractivity contribution in [3.8, 4) is 11.5 Å². The molecule has 2 aromatic rings. The van der Waals surface area contributed by atoms with E-state index in [-0.39, 0.29) is 24.7 Å². The molecule has 1 aromatic carbocycles. The van der Waals surface area contributed by atoms with Crippen molar-refractivity contribution in [1.82, 2.24) is 15.5 Å². The fraction of sp³-hybridized carbons (Fsp3) is 0.400. The van der Waals surface area contributed by atoms with Crippen LogP contribution in [-0.2, 0) is 0 Å². The molecule has 0 spiro atoms. The number of benzene rings is 1. The van der Waals surface area contributed by atoms with Crippen LogP contribution in [0.4, 0.5) is 0 Å². The topological polar surface area (TPSA) is 73.3 Å². The van der Waals surface area contributed by atoms with Gasteiger partial charge in [0.2, 0.25) is 11.8 Å². The van der Waals surface area contributed by atoms with Gasteiger partial charge in [0.1, 0.15) is 5.01 Å². The summed E-state index contributed by atoms with van der Waals surface area (Å²) in [6, 6.07) is 5.49. The summed E-state index contributed by atoms with van der Waals surface area (Å²) in [5.74, 6) is 1.49. The van der Waals surface area contributed by atoms with E-state index >= 15 is 0 Å². The van der Waals surface area contributed by atoms with Gasteiger partial charge in [-0.3, -0.25) is 4.79 Å². The van der Waals surface area contributed by atoms with E-state index in [9.17, 15) is 4.79 Å². The molecule has 0 saturated heterocycles. The number of nitrogens with zero attached hydrogens (tertiary/aromatic N) is 2. The predicted octanol–water partition coefficient (Wildman–Crippen LogP) is 2.88. The maximum Gasteiger partial charge on any atom is 0.282 e. The number of carbonyl (C=O) groups is 1. The van der Waals surface area contributed by atoms with Crippen LogP contribution in [0.1, 0.15) is 53.1 Å².